The van der Waals surface area contributed by atoms with Crippen LogP contribution in [-0.2, 0) is 14.6 Å². The molecule has 3 heteroatoms. The Balaban J connectivity index is 2.89. The average Bonchev–Trinajstić information content (AvgIpc) is 2.21. The molecule has 0 bridgehead atoms. The fourth-order valence-corrected chi connectivity index (χ4v) is 1.14. The molecule has 1 aromatic rings. The minimum absolute atomic E-state index is 0.485. The first-order valence-electron chi connectivity index (χ1n) is 4.26. The van der Waals surface area contributed by atoms with E-state index in [1.54, 1.807) is 13.0 Å². The summed E-state index contributed by atoms with van der Waals surface area (Å²) >= 11 is 0. The Bertz CT molecular complexity index is 328. The van der Waals surface area contributed by atoms with Crippen LogP contribution in [0.3, 0.4) is 0 Å². The van der Waals surface area contributed by atoms with Crippen molar-refractivity contribution in [3.63, 3.8) is 0 Å². The smallest absolute Gasteiger partial charge is 0.293 e. The quantitative estimate of drug-likeness (QED) is 0.418. The van der Waals surface area contributed by atoms with Gasteiger partial charge in [0, 0.05) is 0 Å². The highest BCUT2D eigenvalue weighted by Gasteiger charge is 2.12. The van der Waals surface area contributed by atoms with E-state index in [0.29, 0.717) is 5.57 Å². The fraction of sp³-hybridized carbons (Fsp3) is 0.182. The lowest BCUT2D eigenvalue weighted by Crippen LogP contribution is -2.05. The second-order valence-corrected chi connectivity index (χ2v) is 2.61. The monoisotopic (exact) mass is 192 g/mol. The van der Waals surface area contributed by atoms with Gasteiger partial charge in [-0.1, -0.05) is 36.4 Å². The highest BCUT2D eigenvalue weighted by Crippen LogP contribution is 2.15. The van der Waals surface area contributed by atoms with Gasteiger partial charge in [0.25, 0.3) is 0 Å². The molecule has 0 aromatic heterocycles. The second kappa shape index (κ2) is 5.19. The first-order chi connectivity index (χ1) is 6.79. The highest BCUT2D eigenvalue weighted by molar-refractivity contribution is 6.16. The molecule has 3 nitrogen and oxygen atoms in total. The first kappa shape index (κ1) is 10.5. The predicted molar refractivity (Wildman–Crippen MR) is 53.2 cm³/mol. The third kappa shape index (κ3) is 2.44. The number of allylic oxidation sites excluding steroid dienone is 1. The van der Waals surface area contributed by atoms with E-state index in [-0.39, 0.29) is 0 Å². The normalized spacial score (nSPS) is 11.1. The van der Waals surface area contributed by atoms with Gasteiger partial charge in [-0.05, 0) is 12.5 Å². The molecule has 1 rings (SSSR count). The zero-order chi connectivity index (χ0) is 10.4. The summed E-state index contributed by atoms with van der Waals surface area (Å²) < 4.78 is 0. The van der Waals surface area contributed by atoms with Crippen LogP contribution in [0.4, 0.5) is 0 Å². The lowest BCUT2D eigenvalue weighted by molar-refractivity contribution is -0.248. The van der Waals surface area contributed by atoms with Gasteiger partial charge in [0.1, 0.15) is 0 Å². The molecule has 0 fully saturated rings. The molecule has 0 aliphatic heterocycles. The Morgan fingerprint density at radius 1 is 1.29 bits per heavy atom. The Labute approximate surface area is 82.9 Å². The topological polar surface area (TPSA) is 35.5 Å². The van der Waals surface area contributed by atoms with E-state index in [1.165, 1.54) is 7.11 Å². The first-order valence-corrected chi connectivity index (χ1v) is 4.26. The van der Waals surface area contributed by atoms with E-state index in [9.17, 15) is 4.79 Å². The predicted octanol–water partition coefficient (Wildman–Crippen LogP) is 2.19. The van der Waals surface area contributed by atoms with Crippen molar-refractivity contribution in [2.45, 2.75) is 6.92 Å². The van der Waals surface area contributed by atoms with Gasteiger partial charge in [0.15, 0.2) is 0 Å². The Hall–Kier alpha value is -1.61. The van der Waals surface area contributed by atoms with Gasteiger partial charge in [-0.2, -0.15) is 4.89 Å². The van der Waals surface area contributed by atoms with Crippen molar-refractivity contribution in [3.8, 4) is 0 Å². The van der Waals surface area contributed by atoms with Gasteiger partial charge >= 0.3 is 5.97 Å². The maximum Gasteiger partial charge on any atom is 0.373 e. The zero-order valence-electron chi connectivity index (χ0n) is 8.19. The van der Waals surface area contributed by atoms with Crippen LogP contribution in [0.25, 0.3) is 5.57 Å². The molecule has 0 saturated carbocycles. The molecule has 0 atom stereocenters. The van der Waals surface area contributed by atoms with E-state index in [0.717, 1.165) is 5.56 Å². The van der Waals surface area contributed by atoms with Crippen molar-refractivity contribution < 1.29 is 14.6 Å². The van der Waals surface area contributed by atoms with E-state index < -0.39 is 5.97 Å². The van der Waals surface area contributed by atoms with Crippen molar-refractivity contribution in [2.75, 3.05) is 7.11 Å². The summed E-state index contributed by atoms with van der Waals surface area (Å²) in [6.45, 7) is 1.78. The van der Waals surface area contributed by atoms with Crippen LogP contribution < -0.4 is 0 Å². The molecule has 0 amide bonds. The average molecular weight is 192 g/mol. The molecular formula is C11H12O3. The maximum absolute atomic E-state index is 11.4. The number of benzene rings is 1. The molecule has 0 aliphatic rings. The molecule has 14 heavy (non-hydrogen) atoms. The van der Waals surface area contributed by atoms with Crippen molar-refractivity contribution in [1.82, 2.24) is 0 Å². The number of hydrogen-bond acceptors (Lipinski definition) is 3. The lowest BCUT2D eigenvalue weighted by atomic mass is 10.1. The summed E-state index contributed by atoms with van der Waals surface area (Å²) in [7, 11) is 1.30. The molecule has 74 valence electrons. The molecule has 0 radical (unpaired) electrons. The Morgan fingerprint density at radius 3 is 2.43 bits per heavy atom. The minimum Gasteiger partial charge on any atom is -0.293 e. The van der Waals surface area contributed by atoms with Gasteiger partial charge in [0.05, 0.1) is 12.7 Å². The third-order valence-corrected chi connectivity index (χ3v) is 1.75. The zero-order valence-corrected chi connectivity index (χ0v) is 8.19. The molecule has 0 N–H and O–H groups in total. The van der Waals surface area contributed by atoms with Gasteiger partial charge in [0.2, 0.25) is 0 Å². The molecule has 0 spiro atoms. The molecule has 0 aliphatic carbocycles. The Kier molecular flexibility index (Phi) is 3.88. The highest BCUT2D eigenvalue weighted by atomic mass is 17.2. The van der Waals surface area contributed by atoms with Crippen LogP contribution in [0, 0.1) is 0 Å². The maximum atomic E-state index is 11.4. The number of carbonyl (C=O) groups is 1. The van der Waals surface area contributed by atoms with Crippen LogP contribution in [0.15, 0.2) is 36.4 Å². The summed E-state index contributed by atoms with van der Waals surface area (Å²) in [5.74, 6) is -0.485. The number of hydrogen-bond donors (Lipinski definition) is 0. The van der Waals surface area contributed by atoms with E-state index >= 15 is 0 Å². The summed E-state index contributed by atoms with van der Waals surface area (Å²) in [4.78, 5) is 20.1. The summed E-state index contributed by atoms with van der Waals surface area (Å²) in [6.07, 6.45) is 1.69. The van der Waals surface area contributed by atoms with Crippen molar-refractivity contribution in [2.24, 2.45) is 0 Å². The van der Waals surface area contributed by atoms with Crippen LogP contribution >= 0.6 is 0 Å². The van der Waals surface area contributed by atoms with E-state index in [4.69, 9.17) is 0 Å². The van der Waals surface area contributed by atoms with Crippen LogP contribution in [0.5, 0.6) is 0 Å². The largest absolute Gasteiger partial charge is 0.373 e. The Morgan fingerprint density at radius 2 is 1.93 bits per heavy atom. The summed E-state index contributed by atoms with van der Waals surface area (Å²) in [5, 5.41) is 0. The molecule has 0 unspecified atom stereocenters. The van der Waals surface area contributed by atoms with Crippen LogP contribution in [-0.4, -0.2) is 13.1 Å². The summed E-state index contributed by atoms with van der Waals surface area (Å²) in [5.41, 5.74) is 1.31. The van der Waals surface area contributed by atoms with E-state index in [2.05, 4.69) is 9.78 Å². The van der Waals surface area contributed by atoms with Crippen molar-refractivity contribution >= 4 is 11.5 Å². The summed E-state index contributed by atoms with van der Waals surface area (Å²) in [6, 6.07) is 9.29. The van der Waals surface area contributed by atoms with Gasteiger partial charge in [-0.3, -0.25) is 4.89 Å². The van der Waals surface area contributed by atoms with Crippen LogP contribution in [0.1, 0.15) is 12.5 Å². The second-order valence-electron chi connectivity index (χ2n) is 2.61. The lowest BCUT2D eigenvalue weighted by Gasteiger charge is -2.04. The molecule has 0 saturated heterocycles. The van der Waals surface area contributed by atoms with Crippen molar-refractivity contribution in [1.29, 1.82) is 0 Å². The molecule has 0 heterocycles. The number of carbonyl (C=O) groups excluding carboxylic acids is 1. The third-order valence-electron chi connectivity index (χ3n) is 1.75. The number of rotatable bonds is 3. The fourth-order valence-electron chi connectivity index (χ4n) is 1.14. The SMILES string of the molecule is CC=C(C(=O)OOC)c1ccccc1. The van der Waals surface area contributed by atoms with Crippen molar-refractivity contribution in [3.05, 3.63) is 42.0 Å². The molecule has 1 aromatic carbocycles. The van der Waals surface area contributed by atoms with Crippen LogP contribution in [0.2, 0.25) is 0 Å². The standard InChI is InChI=1S/C11H12O3/c1-3-10(11(12)14-13-2)9-7-5-4-6-8-9/h3-8H,1-2H3. The minimum atomic E-state index is -0.485. The molecular weight excluding hydrogens is 180 g/mol. The van der Waals surface area contributed by atoms with E-state index in [1.807, 2.05) is 30.3 Å². The van der Waals surface area contributed by atoms with Gasteiger partial charge in [-0.25, -0.2) is 4.79 Å². The van der Waals surface area contributed by atoms with Gasteiger partial charge in [-0.15, -0.1) is 0 Å². The van der Waals surface area contributed by atoms with Gasteiger partial charge < -0.3 is 0 Å².